The van der Waals surface area contributed by atoms with Crippen LogP contribution >= 0.6 is 0 Å². The highest BCUT2D eigenvalue weighted by molar-refractivity contribution is 7.85. The van der Waals surface area contributed by atoms with Crippen LogP contribution in [0.25, 0.3) is 0 Å². The van der Waals surface area contributed by atoms with Crippen LogP contribution in [0, 0.1) is 0 Å². The summed E-state index contributed by atoms with van der Waals surface area (Å²) in [5.74, 6) is -0.545. The maximum Gasteiger partial charge on any atom is 0.383 e. The van der Waals surface area contributed by atoms with E-state index in [1.807, 2.05) is 0 Å². The Bertz CT molecular complexity index is 524. The molecule has 1 atom stereocenters. The van der Waals surface area contributed by atoms with Crippen molar-refractivity contribution < 1.29 is 22.1 Å². The first kappa shape index (κ1) is 10.9. The van der Waals surface area contributed by atoms with Gasteiger partial charge in [-0.15, -0.1) is 0 Å². The van der Waals surface area contributed by atoms with Crippen molar-refractivity contribution in [3.05, 3.63) is 29.8 Å². The number of nitrogens with one attached hydrogen (secondary N) is 1. The predicted octanol–water partition coefficient (Wildman–Crippen LogP) is 0.128. The first-order valence-corrected chi connectivity index (χ1v) is 5.83. The Balaban J connectivity index is 2.52. The summed E-state index contributed by atoms with van der Waals surface area (Å²) < 4.78 is 33.9. The molecule has 0 radical (unpaired) electrons. The lowest BCUT2D eigenvalue weighted by molar-refractivity contribution is -0.142. The average Bonchev–Trinajstić information content (AvgIpc) is 2.25. The van der Waals surface area contributed by atoms with Gasteiger partial charge in [0.05, 0.1) is 7.11 Å². The van der Waals surface area contributed by atoms with Crippen LogP contribution in [0.5, 0.6) is 5.75 Å². The first-order chi connectivity index (χ1) is 7.53. The number of rotatable bonds is 1. The molecule has 0 amide bonds. The van der Waals surface area contributed by atoms with Gasteiger partial charge in [-0.3, -0.25) is 0 Å². The molecule has 2 rings (SSSR count). The zero-order chi connectivity index (χ0) is 11.8. The minimum atomic E-state index is -3.95. The summed E-state index contributed by atoms with van der Waals surface area (Å²) >= 11 is 0. The Kier molecular flexibility index (Phi) is 2.56. The molecule has 86 valence electrons. The molecule has 1 aromatic rings. The molecule has 0 bridgehead atoms. The third-order valence-corrected chi connectivity index (χ3v) is 3.05. The molecule has 6 nitrogen and oxygen atoms in total. The first-order valence-electron chi connectivity index (χ1n) is 4.42. The van der Waals surface area contributed by atoms with Crippen LogP contribution < -0.4 is 8.91 Å². The molecule has 7 heteroatoms. The van der Waals surface area contributed by atoms with Gasteiger partial charge in [0.25, 0.3) is 0 Å². The molecule has 0 aromatic heterocycles. The fourth-order valence-electron chi connectivity index (χ4n) is 1.44. The largest absolute Gasteiger partial charge is 0.468 e. The molecule has 1 aromatic carbocycles. The smallest absolute Gasteiger partial charge is 0.383 e. The monoisotopic (exact) mass is 243 g/mol. The number of para-hydroxylation sites is 1. The number of ether oxygens (including phenoxy) is 1. The molecular weight excluding hydrogens is 234 g/mol. The summed E-state index contributed by atoms with van der Waals surface area (Å²) in [7, 11) is -2.76. The maximum atomic E-state index is 11.4. The van der Waals surface area contributed by atoms with E-state index in [2.05, 4.69) is 9.46 Å². The number of carbonyl (C=O) groups excluding carboxylic acids is 1. The van der Waals surface area contributed by atoms with Gasteiger partial charge in [0, 0.05) is 5.56 Å². The van der Waals surface area contributed by atoms with Crippen molar-refractivity contribution in [2.24, 2.45) is 0 Å². The third kappa shape index (κ3) is 1.86. The lowest BCUT2D eigenvalue weighted by Crippen LogP contribution is -2.40. The van der Waals surface area contributed by atoms with Crippen LogP contribution in [0.2, 0.25) is 0 Å². The van der Waals surface area contributed by atoms with Gasteiger partial charge in [-0.2, -0.15) is 13.1 Å². The molecule has 1 aliphatic heterocycles. The highest BCUT2D eigenvalue weighted by atomic mass is 32.2. The summed E-state index contributed by atoms with van der Waals surface area (Å²) in [4.78, 5) is 11.4. The molecule has 0 saturated carbocycles. The van der Waals surface area contributed by atoms with Crippen molar-refractivity contribution in [3.8, 4) is 5.75 Å². The van der Waals surface area contributed by atoms with E-state index in [0.717, 1.165) is 0 Å². The number of esters is 1. The van der Waals surface area contributed by atoms with E-state index < -0.39 is 22.3 Å². The van der Waals surface area contributed by atoms with Gasteiger partial charge in [-0.1, -0.05) is 18.2 Å². The number of hydrogen-bond donors (Lipinski definition) is 1. The minimum absolute atomic E-state index is 0.136. The Hall–Kier alpha value is -1.60. The molecule has 0 aliphatic carbocycles. The zero-order valence-corrected chi connectivity index (χ0v) is 9.15. The summed E-state index contributed by atoms with van der Waals surface area (Å²) in [6.45, 7) is 0. The molecule has 0 spiro atoms. The van der Waals surface area contributed by atoms with Crippen LogP contribution in [-0.4, -0.2) is 21.5 Å². The predicted molar refractivity (Wildman–Crippen MR) is 53.9 cm³/mol. The van der Waals surface area contributed by atoms with E-state index in [1.54, 1.807) is 18.2 Å². The van der Waals surface area contributed by atoms with Gasteiger partial charge in [0.2, 0.25) is 0 Å². The Morgan fingerprint density at radius 2 is 2.12 bits per heavy atom. The van der Waals surface area contributed by atoms with Crippen molar-refractivity contribution >= 4 is 16.3 Å². The molecule has 16 heavy (non-hydrogen) atoms. The van der Waals surface area contributed by atoms with E-state index in [-0.39, 0.29) is 5.75 Å². The highest BCUT2D eigenvalue weighted by Crippen LogP contribution is 2.31. The van der Waals surface area contributed by atoms with Gasteiger partial charge in [-0.05, 0) is 6.07 Å². The zero-order valence-electron chi connectivity index (χ0n) is 8.34. The second kappa shape index (κ2) is 3.76. The fraction of sp³-hybridized carbons (Fsp3) is 0.222. The van der Waals surface area contributed by atoms with Gasteiger partial charge >= 0.3 is 16.3 Å². The van der Waals surface area contributed by atoms with Crippen molar-refractivity contribution in [3.63, 3.8) is 0 Å². The number of hydrogen-bond acceptors (Lipinski definition) is 5. The number of carbonyl (C=O) groups is 1. The van der Waals surface area contributed by atoms with Crippen LogP contribution in [0.3, 0.4) is 0 Å². The molecule has 0 saturated heterocycles. The van der Waals surface area contributed by atoms with Gasteiger partial charge in [0.1, 0.15) is 5.75 Å². The highest BCUT2D eigenvalue weighted by Gasteiger charge is 2.35. The second-order valence-electron chi connectivity index (χ2n) is 3.15. The van der Waals surface area contributed by atoms with Crippen LogP contribution in [-0.2, 0) is 19.8 Å². The van der Waals surface area contributed by atoms with Crippen LogP contribution in [0.4, 0.5) is 0 Å². The normalized spacial score (nSPS) is 21.7. The van der Waals surface area contributed by atoms with Crippen molar-refractivity contribution in [1.82, 2.24) is 4.72 Å². The third-order valence-electron chi connectivity index (χ3n) is 2.13. The number of methoxy groups -OCH3 is 1. The van der Waals surface area contributed by atoms with E-state index >= 15 is 0 Å². The summed E-state index contributed by atoms with van der Waals surface area (Å²) in [6, 6.07) is 5.31. The molecule has 1 aliphatic rings. The molecule has 1 N–H and O–H groups in total. The minimum Gasteiger partial charge on any atom is -0.468 e. The topological polar surface area (TPSA) is 81.7 Å². The SMILES string of the molecule is COC(=O)C1NS(=O)(=O)Oc2ccccc21. The Morgan fingerprint density at radius 1 is 1.44 bits per heavy atom. The molecule has 1 unspecified atom stereocenters. The van der Waals surface area contributed by atoms with E-state index in [4.69, 9.17) is 4.18 Å². The van der Waals surface area contributed by atoms with Gasteiger partial charge < -0.3 is 8.92 Å². The number of benzene rings is 1. The number of fused-ring (bicyclic) bond motifs is 1. The lowest BCUT2D eigenvalue weighted by atomic mass is 10.1. The Morgan fingerprint density at radius 3 is 2.81 bits per heavy atom. The van der Waals surface area contributed by atoms with Crippen molar-refractivity contribution in [2.45, 2.75) is 6.04 Å². The quantitative estimate of drug-likeness (QED) is 0.709. The second-order valence-corrected chi connectivity index (χ2v) is 4.46. The van der Waals surface area contributed by atoms with Crippen LogP contribution in [0.15, 0.2) is 24.3 Å². The maximum absolute atomic E-state index is 11.4. The molecule has 0 fully saturated rings. The average molecular weight is 243 g/mol. The van der Waals surface area contributed by atoms with E-state index in [0.29, 0.717) is 5.56 Å². The van der Waals surface area contributed by atoms with Gasteiger partial charge in [0.15, 0.2) is 6.04 Å². The summed E-state index contributed by atoms with van der Waals surface area (Å²) in [6.07, 6.45) is 0. The molecule has 1 heterocycles. The van der Waals surface area contributed by atoms with Crippen molar-refractivity contribution in [1.29, 1.82) is 0 Å². The summed E-state index contributed by atoms with van der Waals surface area (Å²) in [5.41, 5.74) is 0.434. The lowest BCUT2D eigenvalue weighted by Gasteiger charge is -2.24. The fourth-order valence-corrected chi connectivity index (χ4v) is 2.39. The standard InChI is InChI=1S/C9H9NO5S/c1-14-9(11)8-6-4-2-3-5-7(6)15-16(12,13)10-8/h2-5,8,10H,1H3. The summed E-state index contributed by atoms with van der Waals surface area (Å²) in [5, 5.41) is 0. The molecular formula is C9H9NO5S. The Labute approximate surface area is 92.4 Å². The van der Waals surface area contributed by atoms with Crippen LogP contribution in [0.1, 0.15) is 11.6 Å². The van der Waals surface area contributed by atoms with E-state index in [9.17, 15) is 13.2 Å². The van der Waals surface area contributed by atoms with Gasteiger partial charge in [-0.25, -0.2) is 4.79 Å². The van der Waals surface area contributed by atoms with Crippen molar-refractivity contribution in [2.75, 3.05) is 7.11 Å². The van der Waals surface area contributed by atoms with E-state index in [1.165, 1.54) is 13.2 Å².